The Hall–Kier alpha value is -1.16. The number of aromatic nitrogens is 1. The van der Waals surface area contributed by atoms with Crippen LogP contribution in [0.2, 0.25) is 5.15 Å². The highest BCUT2D eigenvalue weighted by Gasteiger charge is 1.89. The van der Waals surface area contributed by atoms with Crippen LogP contribution in [0, 0.1) is 4.91 Å². The zero-order chi connectivity index (χ0) is 7.40. The topological polar surface area (TPSA) is 54.4 Å². The first kappa shape index (κ1) is 6.95. The van der Waals surface area contributed by atoms with Crippen LogP contribution in [0.5, 0.6) is 0 Å². The van der Waals surface area contributed by atoms with Crippen LogP contribution in [0.1, 0.15) is 0 Å². The molecule has 0 atom stereocenters. The van der Waals surface area contributed by atoms with Crippen molar-refractivity contribution >= 4 is 17.3 Å². The van der Waals surface area contributed by atoms with Gasteiger partial charge in [0.05, 0.1) is 17.2 Å². The largest absolute Gasteiger partial charge is 0.242 e. The number of hydrogen-bond donors (Lipinski definition) is 1. The second-order valence-electron chi connectivity index (χ2n) is 1.57. The maximum atomic E-state index is 9.64. The maximum absolute atomic E-state index is 9.64. The Balaban J connectivity index is 2.78. The van der Waals surface area contributed by atoms with Crippen molar-refractivity contribution in [3.8, 4) is 0 Å². The third-order valence-electron chi connectivity index (χ3n) is 0.902. The standard InChI is InChI=1S/C5H4ClN3O/c6-5-2-1-4(3-7-5)8-9-10/h1-3H,(H,8,10). The van der Waals surface area contributed by atoms with Gasteiger partial charge in [0.25, 0.3) is 0 Å². The molecule has 0 radical (unpaired) electrons. The molecule has 0 aliphatic heterocycles. The van der Waals surface area contributed by atoms with E-state index in [4.69, 9.17) is 11.6 Å². The van der Waals surface area contributed by atoms with Gasteiger partial charge in [-0.2, -0.15) is 0 Å². The van der Waals surface area contributed by atoms with Crippen molar-refractivity contribution in [3.05, 3.63) is 28.4 Å². The Labute approximate surface area is 62.2 Å². The molecule has 1 heterocycles. The molecule has 1 N–H and O–H groups in total. The second-order valence-corrected chi connectivity index (χ2v) is 1.96. The van der Waals surface area contributed by atoms with Gasteiger partial charge in [-0.3, -0.25) is 0 Å². The van der Waals surface area contributed by atoms with Gasteiger partial charge >= 0.3 is 0 Å². The highest BCUT2D eigenvalue weighted by molar-refractivity contribution is 6.29. The van der Waals surface area contributed by atoms with Crippen LogP contribution in [-0.4, -0.2) is 4.98 Å². The average molecular weight is 158 g/mol. The predicted molar refractivity (Wildman–Crippen MR) is 38.7 cm³/mol. The number of hydrogen-bond acceptors (Lipinski definition) is 3. The monoisotopic (exact) mass is 157 g/mol. The minimum absolute atomic E-state index is 0.386. The molecule has 0 fully saturated rings. The van der Waals surface area contributed by atoms with E-state index in [1.165, 1.54) is 6.20 Å². The molecule has 5 heteroatoms. The molecule has 0 spiro atoms. The number of nitrogens with zero attached hydrogens (tertiary/aromatic N) is 2. The van der Waals surface area contributed by atoms with Crippen LogP contribution < -0.4 is 5.43 Å². The van der Waals surface area contributed by atoms with Gasteiger partial charge in [0.1, 0.15) is 5.15 Å². The summed E-state index contributed by atoms with van der Waals surface area (Å²) in [5, 5.41) is 2.84. The van der Waals surface area contributed by atoms with Gasteiger partial charge in [0.2, 0.25) is 0 Å². The molecule has 0 bridgehead atoms. The predicted octanol–water partition coefficient (Wildman–Crippen LogP) is 1.83. The van der Waals surface area contributed by atoms with E-state index in [0.29, 0.717) is 10.8 Å². The molecule has 52 valence electrons. The number of rotatable bonds is 2. The molecule has 0 amide bonds. The molecule has 1 rings (SSSR count). The van der Waals surface area contributed by atoms with Crippen molar-refractivity contribution in [1.82, 2.24) is 4.98 Å². The summed E-state index contributed by atoms with van der Waals surface area (Å²) >= 11 is 5.46. The average Bonchev–Trinajstić information content (AvgIpc) is 1.95. The number of anilines is 1. The Morgan fingerprint density at radius 1 is 1.60 bits per heavy atom. The molecular formula is C5H4ClN3O. The summed E-state index contributed by atoms with van der Waals surface area (Å²) < 4.78 is 0. The maximum Gasteiger partial charge on any atom is 0.129 e. The van der Waals surface area contributed by atoms with Gasteiger partial charge < -0.3 is 0 Å². The Morgan fingerprint density at radius 3 is 2.90 bits per heavy atom. The van der Waals surface area contributed by atoms with Gasteiger partial charge in [0, 0.05) is 0 Å². The van der Waals surface area contributed by atoms with E-state index >= 15 is 0 Å². The summed E-state index contributed by atoms with van der Waals surface area (Å²) in [5.41, 5.74) is 2.71. The van der Waals surface area contributed by atoms with Crippen molar-refractivity contribution in [2.75, 3.05) is 5.43 Å². The molecule has 1 aromatic heterocycles. The molecule has 1 aromatic rings. The summed E-state index contributed by atoms with van der Waals surface area (Å²) in [6, 6.07) is 3.17. The molecule has 0 aliphatic carbocycles. The van der Waals surface area contributed by atoms with Crippen LogP contribution in [0.3, 0.4) is 0 Å². The summed E-state index contributed by atoms with van der Waals surface area (Å²) in [5.74, 6) is 0. The van der Waals surface area contributed by atoms with Gasteiger partial charge in [-0.15, -0.1) is 4.91 Å². The third kappa shape index (κ3) is 1.66. The quantitative estimate of drug-likeness (QED) is 0.405. The lowest BCUT2D eigenvalue weighted by atomic mass is 10.4. The molecule has 0 unspecified atom stereocenters. The minimum atomic E-state index is 0.386. The summed E-state index contributed by atoms with van der Waals surface area (Å²) in [7, 11) is 0. The van der Waals surface area contributed by atoms with Crippen LogP contribution in [0.4, 0.5) is 5.69 Å². The van der Waals surface area contributed by atoms with E-state index in [-0.39, 0.29) is 0 Å². The second kappa shape index (κ2) is 3.12. The lowest BCUT2D eigenvalue weighted by Crippen LogP contribution is -1.85. The molecule has 0 saturated heterocycles. The highest BCUT2D eigenvalue weighted by Crippen LogP contribution is 2.08. The smallest absolute Gasteiger partial charge is 0.129 e. The fraction of sp³-hybridized carbons (Fsp3) is 0. The molecule has 0 saturated carbocycles. The normalized spacial score (nSPS) is 8.90. The summed E-state index contributed by atoms with van der Waals surface area (Å²) in [4.78, 5) is 13.3. The van der Waals surface area contributed by atoms with Gasteiger partial charge in [-0.05, 0) is 12.1 Å². The van der Waals surface area contributed by atoms with Gasteiger partial charge in [-0.25, -0.2) is 10.4 Å². The number of nitrogens with one attached hydrogen (secondary N) is 1. The number of halogens is 1. The first-order chi connectivity index (χ1) is 4.83. The fourth-order valence-electron chi connectivity index (χ4n) is 0.495. The Kier molecular flexibility index (Phi) is 2.17. The zero-order valence-corrected chi connectivity index (χ0v) is 5.67. The van der Waals surface area contributed by atoms with E-state index in [1.54, 1.807) is 12.1 Å². The third-order valence-corrected chi connectivity index (χ3v) is 1.13. The molecule has 0 aromatic carbocycles. The van der Waals surface area contributed by atoms with Crippen LogP contribution >= 0.6 is 11.6 Å². The lowest BCUT2D eigenvalue weighted by Gasteiger charge is -1.93. The van der Waals surface area contributed by atoms with Crippen molar-refractivity contribution in [2.24, 2.45) is 5.29 Å². The first-order valence-corrected chi connectivity index (χ1v) is 2.90. The lowest BCUT2D eigenvalue weighted by molar-refractivity contribution is 1.26. The van der Waals surface area contributed by atoms with E-state index < -0.39 is 0 Å². The SMILES string of the molecule is O=NNc1ccc(Cl)nc1. The summed E-state index contributed by atoms with van der Waals surface area (Å²) in [6.45, 7) is 0. The van der Waals surface area contributed by atoms with E-state index in [1.807, 2.05) is 0 Å². The van der Waals surface area contributed by atoms with E-state index in [0.717, 1.165) is 0 Å². The summed E-state index contributed by atoms with van der Waals surface area (Å²) in [6.07, 6.45) is 1.42. The Bertz CT molecular complexity index is 223. The van der Waals surface area contributed by atoms with E-state index in [9.17, 15) is 4.91 Å². The first-order valence-electron chi connectivity index (χ1n) is 2.53. The van der Waals surface area contributed by atoms with Gasteiger partial charge in [0.15, 0.2) is 0 Å². The van der Waals surface area contributed by atoms with Crippen molar-refractivity contribution in [1.29, 1.82) is 0 Å². The van der Waals surface area contributed by atoms with E-state index in [2.05, 4.69) is 15.7 Å². The molecule has 10 heavy (non-hydrogen) atoms. The van der Waals surface area contributed by atoms with Crippen LogP contribution in [0.15, 0.2) is 23.6 Å². The van der Waals surface area contributed by atoms with Crippen LogP contribution in [0.25, 0.3) is 0 Å². The van der Waals surface area contributed by atoms with Crippen molar-refractivity contribution in [3.63, 3.8) is 0 Å². The van der Waals surface area contributed by atoms with Gasteiger partial charge in [-0.1, -0.05) is 11.6 Å². The molecule has 0 aliphatic rings. The molecule has 4 nitrogen and oxygen atoms in total. The fourth-order valence-corrected chi connectivity index (χ4v) is 0.606. The Morgan fingerprint density at radius 2 is 2.40 bits per heavy atom. The van der Waals surface area contributed by atoms with Crippen molar-refractivity contribution in [2.45, 2.75) is 0 Å². The number of pyridine rings is 1. The highest BCUT2D eigenvalue weighted by atomic mass is 35.5. The van der Waals surface area contributed by atoms with Crippen molar-refractivity contribution < 1.29 is 0 Å². The number of nitroso groups, excluding NO2 is 1. The zero-order valence-electron chi connectivity index (χ0n) is 4.91. The minimum Gasteiger partial charge on any atom is -0.242 e. The van der Waals surface area contributed by atoms with Crippen LogP contribution in [-0.2, 0) is 0 Å². The molecular weight excluding hydrogens is 154 g/mol.